The molecule has 0 saturated heterocycles. The first-order chi connectivity index (χ1) is 14.3. The van der Waals surface area contributed by atoms with Crippen molar-refractivity contribution in [2.45, 2.75) is 26.4 Å². The Morgan fingerprint density at radius 3 is 1.93 bits per heavy atom. The molecule has 0 atom stereocenters. The van der Waals surface area contributed by atoms with Gasteiger partial charge in [-0.25, -0.2) is 0 Å². The van der Waals surface area contributed by atoms with Crippen LogP contribution < -0.4 is 14.2 Å². The first kappa shape index (κ1) is 22.7. The van der Waals surface area contributed by atoms with Crippen molar-refractivity contribution in [3.8, 4) is 23.0 Å². The van der Waals surface area contributed by atoms with Crippen LogP contribution in [0.25, 0.3) is 12.2 Å². The summed E-state index contributed by atoms with van der Waals surface area (Å²) in [5.41, 5.74) is 1.44. The average Bonchev–Trinajstić information content (AvgIpc) is 2.72. The summed E-state index contributed by atoms with van der Waals surface area (Å²) in [6.45, 7) is 3.85. The molecule has 2 aromatic carbocycles. The molecule has 0 aliphatic rings. The molecule has 0 aliphatic heterocycles. The molecule has 0 fully saturated rings. The van der Waals surface area contributed by atoms with Crippen LogP contribution >= 0.6 is 0 Å². The van der Waals surface area contributed by atoms with Crippen LogP contribution in [0.4, 0.5) is 0 Å². The minimum Gasteiger partial charge on any atom is -0.504 e. The summed E-state index contributed by atoms with van der Waals surface area (Å²) in [7, 11) is 3.00. The van der Waals surface area contributed by atoms with Gasteiger partial charge in [0, 0.05) is 0 Å². The van der Waals surface area contributed by atoms with Crippen molar-refractivity contribution in [3.05, 3.63) is 59.7 Å². The second-order valence-corrected chi connectivity index (χ2v) is 6.78. The largest absolute Gasteiger partial charge is 0.504 e. The van der Waals surface area contributed by atoms with Gasteiger partial charge < -0.3 is 19.3 Å². The maximum Gasteiger partial charge on any atom is 0.163 e. The highest BCUT2D eigenvalue weighted by atomic mass is 16.5. The molecule has 0 saturated carbocycles. The lowest BCUT2D eigenvalue weighted by Crippen LogP contribution is -2.06. The van der Waals surface area contributed by atoms with Crippen LogP contribution in [0.5, 0.6) is 23.0 Å². The maximum absolute atomic E-state index is 12.1. The van der Waals surface area contributed by atoms with E-state index in [0.717, 1.165) is 5.56 Å². The molecule has 158 valence electrons. The predicted octanol–water partition coefficient (Wildman–Crippen LogP) is 4.45. The summed E-state index contributed by atoms with van der Waals surface area (Å²) in [4.78, 5) is 24.1. The number of carbonyl (C=O) groups is 2. The molecule has 0 spiro atoms. The molecule has 0 heterocycles. The SMILES string of the molecule is COc1cc(/C=C/C(=O)CC(=O)/C=C/c2ccc(OC(C)C)c(OC)c2)ccc1O. The Morgan fingerprint density at radius 2 is 1.40 bits per heavy atom. The topological polar surface area (TPSA) is 82.1 Å². The van der Waals surface area contributed by atoms with E-state index in [1.54, 1.807) is 43.5 Å². The Hall–Kier alpha value is -3.54. The number of methoxy groups -OCH3 is 2. The van der Waals surface area contributed by atoms with Gasteiger partial charge in [0.05, 0.1) is 26.7 Å². The standard InChI is InChI=1S/C24H26O6/c1-16(2)30-22-12-8-18(14-24(22)29-4)6-10-20(26)15-19(25)9-5-17-7-11-21(27)23(13-17)28-3/h5-14,16,27H,15H2,1-4H3/b9-5+,10-6+. The maximum atomic E-state index is 12.1. The first-order valence-electron chi connectivity index (χ1n) is 9.46. The van der Waals surface area contributed by atoms with Crippen molar-refractivity contribution in [2.24, 2.45) is 0 Å². The fraction of sp³-hybridized carbons (Fsp3) is 0.250. The first-order valence-corrected chi connectivity index (χ1v) is 9.46. The van der Waals surface area contributed by atoms with Crippen LogP contribution in [0, 0.1) is 0 Å². The molecular weight excluding hydrogens is 384 g/mol. The van der Waals surface area contributed by atoms with Gasteiger partial charge in [-0.2, -0.15) is 0 Å². The number of allylic oxidation sites excluding steroid dienone is 2. The quantitative estimate of drug-likeness (QED) is 0.460. The second kappa shape index (κ2) is 10.9. The van der Waals surface area contributed by atoms with Crippen molar-refractivity contribution < 1.29 is 28.9 Å². The van der Waals surface area contributed by atoms with E-state index < -0.39 is 0 Å². The number of carbonyl (C=O) groups excluding carboxylic acids is 2. The van der Waals surface area contributed by atoms with Gasteiger partial charge in [0.2, 0.25) is 0 Å². The Labute approximate surface area is 176 Å². The number of aromatic hydroxyl groups is 1. The lowest BCUT2D eigenvalue weighted by molar-refractivity contribution is -0.121. The van der Waals surface area contributed by atoms with Crippen molar-refractivity contribution in [2.75, 3.05) is 14.2 Å². The molecule has 2 aromatic rings. The fourth-order valence-electron chi connectivity index (χ4n) is 2.60. The molecule has 0 amide bonds. The monoisotopic (exact) mass is 410 g/mol. The van der Waals surface area contributed by atoms with E-state index in [-0.39, 0.29) is 29.8 Å². The fourth-order valence-corrected chi connectivity index (χ4v) is 2.60. The zero-order chi connectivity index (χ0) is 22.1. The van der Waals surface area contributed by atoms with Crippen LogP contribution in [0.3, 0.4) is 0 Å². The smallest absolute Gasteiger partial charge is 0.163 e. The highest BCUT2D eigenvalue weighted by Crippen LogP contribution is 2.29. The normalized spacial score (nSPS) is 11.2. The number of hydrogen-bond acceptors (Lipinski definition) is 6. The van der Waals surface area contributed by atoms with Crippen LogP contribution in [-0.4, -0.2) is 37.0 Å². The van der Waals surface area contributed by atoms with Crippen LogP contribution in [0.1, 0.15) is 31.4 Å². The van der Waals surface area contributed by atoms with Gasteiger partial charge in [-0.05, 0) is 61.4 Å². The second-order valence-electron chi connectivity index (χ2n) is 6.78. The van der Waals surface area contributed by atoms with Gasteiger partial charge in [-0.15, -0.1) is 0 Å². The third-order valence-electron chi connectivity index (χ3n) is 4.03. The molecule has 6 heteroatoms. The number of phenolic OH excluding ortho intramolecular Hbond substituents is 1. The zero-order valence-electron chi connectivity index (χ0n) is 17.5. The Balaban J connectivity index is 1.97. The number of ether oxygens (including phenoxy) is 3. The van der Waals surface area contributed by atoms with E-state index in [1.165, 1.54) is 25.3 Å². The molecule has 6 nitrogen and oxygen atoms in total. The van der Waals surface area contributed by atoms with E-state index in [9.17, 15) is 14.7 Å². The van der Waals surface area contributed by atoms with E-state index in [2.05, 4.69) is 0 Å². The van der Waals surface area contributed by atoms with Crippen LogP contribution in [-0.2, 0) is 9.59 Å². The summed E-state index contributed by atoms with van der Waals surface area (Å²) >= 11 is 0. The number of hydrogen-bond donors (Lipinski definition) is 1. The molecule has 1 N–H and O–H groups in total. The molecule has 0 unspecified atom stereocenters. The molecule has 0 radical (unpaired) electrons. The Bertz CT molecular complexity index is 956. The number of benzene rings is 2. The number of phenols is 1. The summed E-state index contributed by atoms with van der Waals surface area (Å²) in [5.74, 6) is 0.888. The van der Waals surface area contributed by atoms with Gasteiger partial charge in [0.1, 0.15) is 0 Å². The molecule has 2 rings (SSSR count). The predicted molar refractivity (Wildman–Crippen MR) is 116 cm³/mol. The van der Waals surface area contributed by atoms with Crippen LogP contribution in [0.2, 0.25) is 0 Å². The third kappa shape index (κ3) is 6.81. The van der Waals surface area contributed by atoms with Crippen LogP contribution in [0.15, 0.2) is 48.6 Å². The zero-order valence-corrected chi connectivity index (χ0v) is 17.5. The molecular formula is C24H26O6. The van der Waals surface area contributed by atoms with Crippen molar-refractivity contribution in [1.82, 2.24) is 0 Å². The van der Waals surface area contributed by atoms with E-state index in [0.29, 0.717) is 22.8 Å². The van der Waals surface area contributed by atoms with Gasteiger partial charge in [0.25, 0.3) is 0 Å². The molecule has 0 bridgehead atoms. The van der Waals surface area contributed by atoms with Crippen molar-refractivity contribution in [3.63, 3.8) is 0 Å². The lowest BCUT2D eigenvalue weighted by Gasteiger charge is -2.13. The summed E-state index contributed by atoms with van der Waals surface area (Å²) in [6, 6.07) is 10.1. The van der Waals surface area contributed by atoms with Gasteiger partial charge in [-0.1, -0.05) is 24.3 Å². The molecule has 0 aromatic heterocycles. The van der Waals surface area contributed by atoms with Gasteiger partial charge in [-0.3, -0.25) is 9.59 Å². The van der Waals surface area contributed by atoms with E-state index in [1.807, 2.05) is 19.9 Å². The summed E-state index contributed by atoms with van der Waals surface area (Å²) < 4.78 is 16.0. The number of rotatable bonds is 10. The van der Waals surface area contributed by atoms with Crippen molar-refractivity contribution >= 4 is 23.7 Å². The molecule has 30 heavy (non-hydrogen) atoms. The average molecular weight is 410 g/mol. The summed E-state index contributed by atoms with van der Waals surface area (Å²) in [5, 5.41) is 9.59. The van der Waals surface area contributed by atoms with Gasteiger partial charge >= 0.3 is 0 Å². The van der Waals surface area contributed by atoms with E-state index >= 15 is 0 Å². The van der Waals surface area contributed by atoms with E-state index in [4.69, 9.17) is 14.2 Å². The Morgan fingerprint density at radius 1 is 0.867 bits per heavy atom. The highest BCUT2D eigenvalue weighted by molar-refractivity contribution is 6.10. The van der Waals surface area contributed by atoms with Gasteiger partial charge in [0.15, 0.2) is 34.6 Å². The minimum atomic E-state index is -0.324. The number of ketones is 2. The third-order valence-corrected chi connectivity index (χ3v) is 4.03. The summed E-state index contributed by atoms with van der Waals surface area (Å²) in [6.07, 6.45) is 5.68. The lowest BCUT2D eigenvalue weighted by atomic mass is 10.1. The highest BCUT2D eigenvalue weighted by Gasteiger charge is 2.08. The Kier molecular flexibility index (Phi) is 8.23. The molecule has 0 aliphatic carbocycles. The minimum absolute atomic E-state index is 0.0155. The van der Waals surface area contributed by atoms with Crippen molar-refractivity contribution in [1.29, 1.82) is 0 Å².